The molecule has 0 bridgehead atoms. The summed E-state index contributed by atoms with van der Waals surface area (Å²) in [6, 6.07) is 6.22. The van der Waals surface area contributed by atoms with Crippen LogP contribution in [0.25, 0.3) is 0 Å². The second-order valence-corrected chi connectivity index (χ2v) is 9.31. The zero-order valence-electron chi connectivity index (χ0n) is 5.06. The number of halogens is 2. The average Bonchev–Trinajstić information content (AvgIpc) is 2.39. The van der Waals surface area contributed by atoms with Gasteiger partial charge in [0.1, 0.15) is 11.8 Å². The Morgan fingerprint density at radius 3 is 2.50 bits per heavy atom. The van der Waals surface area contributed by atoms with Gasteiger partial charge in [-0.1, -0.05) is 0 Å². The molecule has 1 N–H and O–H groups in total. The van der Waals surface area contributed by atoms with Gasteiger partial charge < -0.3 is 4.98 Å². The molecule has 5 heteroatoms. The van der Waals surface area contributed by atoms with E-state index in [-0.39, 0.29) is 16.0 Å². The van der Waals surface area contributed by atoms with Crippen molar-refractivity contribution < 1.29 is 0 Å². The van der Waals surface area contributed by atoms with Crippen molar-refractivity contribution in [3.8, 4) is 6.07 Å². The molecule has 0 aliphatic carbocycles. The molecule has 2 nitrogen and oxygen atoms in total. The molecule has 1 radical (unpaired) electrons. The van der Waals surface area contributed by atoms with Crippen molar-refractivity contribution in [2.24, 2.45) is 0 Å². The lowest BCUT2D eigenvalue weighted by atomic mass is 10.5. The Kier molecular flexibility index (Phi) is 7.98. The Morgan fingerprint density at radius 2 is 2.30 bits per heavy atom. The molecule has 1 heterocycles. The van der Waals surface area contributed by atoms with Gasteiger partial charge >= 0.3 is 16.0 Å². The molecular weight excluding hydrogens is 272 g/mol. The largest absolute Gasteiger partial charge is 0.560 e. The number of nitriles is 1. The van der Waals surface area contributed by atoms with E-state index in [9.17, 15) is 0 Å². The van der Waals surface area contributed by atoms with Gasteiger partial charge in [0.25, 0.3) is 0 Å². The first-order valence-corrected chi connectivity index (χ1v) is 10.2. The lowest BCUT2D eigenvalue weighted by Gasteiger charge is -1.66. The highest BCUT2D eigenvalue weighted by Crippen LogP contribution is 1.86. The highest BCUT2D eigenvalue weighted by Gasteiger charge is 1.81. The monoisotopic (exact) mass is 273 g/mol. The van der Waals surface area contributed by atoms with Crippen LogP contribution in [0.4, 0.5) is 0 Å². The van der Waals surface area contributed by atoms with Crippen molar-refractivity contribution >= 4 is 41.8 Å². The minimum Gasteiger partial charge on any atom is -0.352 e. The van der Waals surface area contributed by atoms with Crippen LogP contribution in [0.3, 0.4) is 0 Å². The Balaban J connectivity index is 0.000000236. The maximum absolute atomic E-state index is 8.13. The zero-order chi connectivity index (χ0) is 7.82. The molecule has 0 saturated heterocycles. The zero-order valence-corrected chi connectivity index (χ0v) is 9.65. The molecule has 1 rings (SSSR count). The van der Waals surface area contributed by atoms with E-state index in [1.807, 2.05) is 6.07 Å². The van der Waals surface area contributed by atoms with E-state index in [0.717, 1.165) is 0 Å². The molecule has 0 aromatic carbocycles. The standard InChI is InChI=1S/C5H3N2.2BrH.Mg/c6-4-5-2-1-3-7-5;;;/h2-3,7H;2*1H;/q;;;+2/p-2. The molecule has 49 valence electrons. The number of rotatable bonds is 0. The van der Waals surface area contributed by atoms with Crippen LogP contribution >= 0.6 is 25.8 Å². The summed E-state index contributed by atoms with van der Waals surface area (Å²) < 4.78 is 0. The first-order valence-electron chi connectivity index (χ1n) is 2.41. The molecule has 0 aliphatic rings. The molecule has 10 heavy (non-hydrogen) atoms. The van der Waals surface area contributed by atoms with Gasteiger partial charge in [0.2, 0.25) is 0 Å². The van der Waals surface area contributed by atoms with Crippen molar-refractivity contribution in [3.05, 3.63) is 24.0 Å². The topological polar surface area (TPSA) is 39.6 Å². The van der Waals surface area contributed by atoms with Gasteiger partial charge in [0.15, 0.2) is 0 Å². The predicted molar refractivity (Wildman–Crippen MR) is 48.0 cm³/mol. The van der Waals surface area contributed by atoms with E-state index < -0.39 is 0 Å². The summed E-state index contributed by atoms with van der Waals surface area (Å²) in [7, 11) is 0. The Bertz CT molecular complexity index is 192. The highest BCUT2D eigenvalue weighted by atomic mass is 79.9. The number of aromatic nitrogens is 1. The summed E-state index contributed by atoms with van der Waals surface area (Å²) >= 11 is 6.44. The van der Waals surface area contributed by atoms with Crippen molar-refractivity contribution in [2.75, 3.05) is 0 Å². The summed E-state index contributed by atoms with van der Waals surface area (Å²) in [4.78, 5) is 2.67. The molecule has 0 amide bonds. The van der Waals surface area contributed by atoms with Crippen LogP contribution in [-0.2, 0) is 0 Å². The number of aromatic amines is 1. The SMILES string of the molecule is N#Cc1c[c]c[nH]1.[Br][Mg][Br]. The van der Waals surface area contributed by atoms with Crippen LogP contribution in [0.5, 0.6) is 0 Å². The van der Waals surface area contributed by atoms with Crippen molar-refractivity contribution in [2.45, 2.75) is 0 Å². The van der Waals surface area contributed by atoms with E-state index in [4.69, 9.17) is 5.26 Å². The number of nitrogens with one attached hydrogen (secondary N) is 1. The summed E-state index contributed by atoms with van der Waals surface area (Å²) in [5.41, 5.74) is 0.556. The molecule has 0 saturated carbocycles. The number of hydrogen-bond donors (Lipinski definition) is 1. The predicted octanol–water partition coefficient (Wildman–Crippen LogP) is 2.00. The van der Waals surface area contributed by atoms with Gasteiger partial charge in [-0.2, -0.15) is 5.26 Å². The average molecular weight is 275 g/mol. The van der Waals surface area contributed by atoms with Gasteiger partial charge in [-0.3, -0.25) is 25.8 Å². The van der Waals surface area contributed by atoms with Gasteiger partial charge in [-0.15, -0.1) is 0 Å². The van der Waals surface area contributed by atoms with Crippen LogP contribution < -0.4 is 0 Å². The van der Waals surface area contributed by atoms with E-state index in [1.165, 1.54) is 0 Å². The second kappa shape index (κ2) is 7.60. The summed E-state index contributed by atoms with van der Waals surface area (Å²) in [6.45, 7) is 0. The Hall–Kier alpha value is 0.496. The molecule has 1 aromatic rings. The Labute approximate surface area is 81.5 Å². The van der Waals surface area contributed by atoms with Crippen molar-refractivity contribution in [1.82, 2.24) is 4.98 Å². The minimum atomic E-state index is 0.0417. The van der Waals surface area contributed by atoms with E-state index in [0.29, 0.717) is 5.69 Å². The van der Waals surface area contributed by atoms with Crippen LogP contribution in [0.2, 0.25) is 0 Å². The Morgan fingerprint density at radius 1 is 1.70 bits per heavy atom. The highest BCUT2D eigenvalue weighted by molar-refractivity contribution is 9.47. The van der Waals surface area contributed by atoms with Gasteiger partial charge in [0.05, 0.1) is 0 Å². The number of nitrogens with zero attached hydrogens (tertiary/aromatic N) is 1. The quantitative estimate of drug-likeness (QED) is 0.723. The maximum Gasteiger partial charge on any atom is 0.560 e. The summed E-state index contributed by atoms with van der Waals surface area (Å²) in [5.74, 6) is 0. The van der Waals surface area contributed by atoms with Crippen molar-refractivity contribution in [1.29, 1.82) is 5.26 Å². The normalized spacial score (nSPS) is 6.50. The van der Waals surface area contributed by atoms with Gasteiger partial charge in [0, 0.05) is 12.3 Å². The van der Waals surface area contributed by atoms with Crippen LogP contribution in [-0.4, -0.2) is 21.0 Å². The lowest BCUT2D eigenvalue weighted by molar-refractivity contribution is 1.33. The third-order valence-electron chi connectivity index (χ3n) is 0.659. The van der Waals surface area contributed by atoms with E-state index in [2.05, 4.69) is 36.8 Å². The van der Waals surface area contributed by atoms with Crippen LogP contribution in [0, 0.1) is 17.4 Å². The third-order valence-corrected chi connectivity index (χ3v) is 0.659. The fourth-order valence-electron chi connectivity index (χ4n) is 0.351. The molecule has 0 fully saturated rings. The fourth-order valence-corrected chi connectivity index (χ4v) is 0.351. The summed E-state index contributed by atoms with van der Waals surface area (Å²) in [5, 5.41) is 8.13. The molecule has 0 spiro atoms. The summed E-state index contributed by atoms with van der Waals surface area (Å²) in [6.07, 6.45) is 1.60. The number of H-pyrrole nitrogens is 1. The van der Waals surface area contributed by atoms with Gasteiger partial charge in [-0.25, -0.2) is 0 Å². The van der Waals surface area contributed by atoms with E-state index >= 15 is 0 Å². The van der Waals surface area contributed by atoms with Crippen LogP contribution in [0.1, 0.15) is 5.69 Å². The second-order valence-electron chi connectivity index (χ2n) is 1.23. The third kappa shape index (κ3) is 5.29. The molecule has 0 aliphatic heterocycles. The molecule has 1 aromatic heterocycles. The minimum absolute atomic E-state index is 0.0417. The molecule has 0 unspecified atom stereocenters. The lowest BCUT2D eigenvalue weighted by Crippen LogP contribution is -1.64. The smallest absolute Gasteiger partial charge is 0.352 e. The molecular formula is C5H3Br2MgN2. The van der Waals surface area contributed by atoms with E-state index in [1.54, 1.807) is 12.3 Å². The van der Waals surface area contributed by atoms with Crippen molar-refractivity contribution in [3.63, 3.8) is 0 Å². The fraction of sp³-hybridized carbons (Fsp3) is 0. The van der Waals surface area contributed by atoms with Crippen LogP contribution in [0.15, 0.2) is 12.3 Å². The maximum atomic E-state index is 8.13. The van der Waals surface area contributed by atoms with Gasteiger partial charge in [-0.05, 0) is 6.07 Å². The molecule has 0 atom stereocenters. The first kappa shape index (κ1) is 10.5. The number of hydrogen-bond acceptors (Lipinski definition) is 1. The first-order chi connectivity index (χ1) is 4.85.